The second kappa shape index (κ2) is 7.58. The molecule has 2 atom stereocenters. The average Bonchev–Trinajstić information content (AvgIpc) is 3.10. The van der Waals surface area contributed by atoms with Crippen molar-refractivity contribution in [3.8, 4) is 0 Å². The summed E-state index contributed by atoms with van der Waals surface area (Å²) in [6.45, 7) is -1.49. The molecule has 10 heteroatoms. The van der Waals surface area contributed by atoms with E-state index < -0.39 is 51.8 Å². The lowest BCUT2D eigenvalue weighted by Gasteiger charge is -2.31. The van der Waals surface area contributed by atoms with Gasteiger partial charge in [0.25, 0.3) is 5.56 Å². The van der Waals surface area contributed by atoms with Crippen molar-refractivity contribution in [1.82, 2.24) is 18.8 Å². The minimum Gasteiger partial charge on any atom is -0.388 e. The first-order valence-corrected chi connectivity index (χ1v) is 11.2. The maximum absolute atomic E-state index is 13.3. The highest BCUT2D eigenvalue weighted by atomic mass is 32.2. The van der Waals surface area contributed by atoms with Crippen molar-refractivity contribution in [2.24, 2.45) is 0 Å². The number of aromatic nitrogens is 3. The molecule has 4 rings (SSSR count). The minimum atomic E-state index is -4.52. The third-order valence-corrected chi connectivity index (χ3v) is 6.96. The summed E-state index contributed by atoms with van der Waals surface area (Å²) < 4.78 is 80.4. The van der Waals surface area contributed by atoms with Gasteiger partial charge in [0.05, 0.1) is 19.2 Å². The molecule has 2 unspecified atom stereocenters. The van der Waals surface area contributed by atoms with Gasteiger partial charge in [-0.1, -0.05) is 0 Å². The van der Waals surface area contributed by atoms with Crippen LogP contribution in [0.1, 0.15) is 60.2 Å². The predicted octanol–water partition coefficient (Wildman–Crippen LogP) is 1.41. The van der Waals surface area contributed by atoms with E-state index in [1.54, 1.807) is 6.92 Å². The first-order valence-electron chi connectivity index (χ1n) is 13.3. The molecule has 0 radical (unpaired) electrons. The number of fused-ring (bicyclic) bond motifs is 1. The highest BCUT2D eigenvalue weighted by molar-refractivity contribution is 7.88. The van der Waals surface area contributed by atoms with E-state index in [0.29, 0.717) is 19.3 Å². The van der Waals surface area contributed by atoms with Gasteiger partial charge in [0, 0.05) is 44.5 Å². The van der Waals surface area contributed by atoms with E-state index in [9.17, 15) is 18.3 Å². The molecule has 2 aromatic heterocycles. The number of aryl methyl sites for hydroxylation is 1. The van der Waals surface area contributed by atoms with Crippen molar-refractivity contribution < 1.29 is 23.1 Å². The molecule has 164 valence electrons. The van der Waals surface area contributed by atoms with E-state index in [1.165, 1.54) is 16.8 Å². The molecule has 1 saturated carbocycles. The standard InChI is InChI=1S/C20H29N5O4S/c1-13-11-14-12-21-19(22-15-6-9-24(10-7-15)30(3,28)29)23-17(14)25(18(13)26)16-5-4-8-20(16,2)27/h11-12,15-16,27H,4-10H2,1-3H3,(H,21,22,23)/i1D3,3D3,15D. The van der Waals surface area contributed by atoms with Crippen LogP contribution in [0.15, 0.2) is 17.1 Å². The summed E-state index contributed by atoms with van der Waals surface area (Å²) in [5.74, 6) is -0.0398. The van der Waals surface area contributed by atoms with Gasteiger partial charge in [0.1, 0.15) is 5.65 Å². The molecule has 0 amide bonds. The van der Waals surface area contributed by atoms with Gasteiger partial charge in [0.2, 0.25) is 16.0 Å². The van der Waals surface area contributed by atoms with Gasteiger partial charge < -0.3 is 10.4 Å². The van der Waals surface area contributed by atoms with Gasteiger partial charge in [-0.3, -0.25) is 9.36 Å². The number of aliphatic hydroxyl groups is 1. The van der Waals surface area contributed by atoms with Crippen molar-refractivity contribution >= 4 is 27.0 Å². The number of hydrogen-bond acceptors (Lipinski definition) is 7. The van der Waals surface area contributed by atoms with E-state index in [-0.39, 0.29) is 42.9 Å². The Kier molecular flexibility index (Phi) is 3.56. The zero-order chi connectivity index (χ0) is 27.6. The van der Waals surface area contributed by atoms with E-state index in [1.807, 2.05) is 0 Å². The fraction of sp³-hybridized carbons (Fsp3) is 0.650. The first kappa shape index (κ1) is 14.1. The number of nitrogens with one attached hydrogen (secondary N) is 1. The van der Waals surface area contributed by atoms with Crippen LogP contribution in [0, 0.1) is 6.85 Å². The van der Waals surface area contributed by atoms with Crippen LogP contribution in [0.5, 0.6) is 0 Å². The lowest BCUT2D eigenvalue weighted by molar-refractivity contribution is 0.0266. The monoisotopic (exact) mass is 442 g/mol. The van der Waals surface area contributed by atoms with Crippen molar-refractivity contribution in [2.45, 2.75) is 63.5 Å². The summed E-state index contributed by atoms with van der Waals surface area (Å²) in [6.07, 6.45) is -0.469. The molecule has 0 aromatic carbocycles. The quantitative estimate of drug-likeness (QED) is 0.735. The summed E-state index contributed by atoms with van der Waals surface area (Å²) in [7, 11) is -4.52. The summed E-state index contributed by atoms with van der Waals surface area (Å²) in [6, 6.07) is -0.925. The number of pyridine rings is 1. The Bertz CT molecular complexity index is 1370. The summed E-state index contributed by atoms with van der Waals surface area (Å²) in [5, 5.41) is 14.1. The maximum Gasteiger partial charge on any atom is 0.255 e. The van der Waals surface area contributed by atoms with Gasteiger partial charge in [0.15, 0.2) is 0 Å². The fourth-order valence-corrected chi connectivity index (χ4v) is 4.95. The molecule has 1 aliphatic carbocycles. The van der Waals surface area contributed by atoms with E-state index in [2.05, 4.69) is 15.3 Å². The molecule has 1 aliphatic heterocycles. The second-order valence-electron chi connectivity index (χ2n) is 8.10. The number of piperidine rings is 1. The Morgan fingerprint density at radius 3 is 2.77 bits per heavy atom. The van der Waals surface area contributed by atoms with Gasteiger partial charge >= 0.3 is 0 Å². The van der Waals surface area contributed by atoms with E-state index in [4.69, 9.17) is 9.60 Å². The zero-order valence-corrected chi connectivity index (χ0v) is 17.4. The summed E-state index contributed by atoms with van der Waals surface area (Å²) in [4.78, 5) is 21.9. The molecule has 2 N–H and O–H groups in total. The minimum absolute atomic E-state index is 0.0398. The van der Waals surface area contributed by atoms with Crippen LogP contribution in [0.4, 0.5) is 5.95 Å². The first-order chi connectivity index (χ1) is 16.9. The van der Waals surface area contributed by atoms with Crippen LogP contribution in [-0.2, 0) is 10.0 Å². The Balaban J connectivity index is 1.70. The van der Waals surface area contributed by atoms with Crippen molar-refractivity contribution in [3.63, 3.8) is 0 Å². The SMILES string of the molecule is [2H]C1(Nc2ncc3cc(C([2H])([2H])[2H])c(=O)n(C4CCCC4(C)O)c3n2)CCN(S(=O)(=O)C([2H])([2H])[2H])CC1. The molecule has 2 fully saturated rings. The molecule has 2 aromatic rings. The number of nitrogens with zero attached hydrogens (tertiary/aromatic N) is 4. The van der Waals surface area contributed by atoms with Gasteiger partial charge in [-0.2, -0.15) is 4.98 Å². The van der Waals surface area contributed by atoms with Crippen molar-refractivity contribution in [3.05, 3.63) is 28.2 Å². The summed E-state index contributed by atoms with van der Waals surface area (Å²) in [5.41, 5.74) is -2.35. The van der Waals surface area contributed by atoms with Gasteiger partial charge in [-0.05, 0) is 51.9 Å². The Morgan fingerprint density at radius 1 is 1.37 bits per heavy atom. The Morgan fingerprint density at radius 2 is 2.13 bits per heavy atom. The largest absolute Gasteiger partial charge is 0.388 e. The highest BCUT2D eigenvalue weighted by Crippen LogP contribution is 2.39. The molecule has 9 nitrogen and oxygen atoms in total. The Labute approximate surface area is 186 Å². The lowest BCUT2D eigenvalue weighted by Crippen LogP contribution is -2.42. The number of rotatable bonds is 4. The molecular weight excluding hydrogens is 406 g/mol. The molecule has 0 bridgehead atoms. The molecule has 3 heterocycles. The second-order valence-corrected chi connectivity index (χ2v) is 9.57. The topological polar surface area (TPSA) is 117 Å². The van der Waals surface area contributed by atoms with Gasteiger partial charge in [-0.25, -0.2) is 17.7 Å². The van der Waals surface area contributed by atoms with Gasteiger partial charge in [-0.15, -0.1) is 0 Å². The number of hydrogen-bond donors (Lipinski definition) is 2. The van der Waals surface area contributed by atoms with E-state index in [0.717, 1.165) is 4.31 Å². The zero-order valence-electron chi connectivity index (χ0n) is 23.6. The smallest absolute Gasteiger partial charge is 0.255 e. The highest BCUT2D eigenvalue weighted by Gasteiger charge is 2.39. The molecular formula is C20H29N5O4S. The third kappa shape index (κ3) is 3.95. The van der Waals surface area contributed by atoms with Crippen LogP contribution in [0.2, 0.25) is 0 Å². The van der Waals surface area contributed by atoms with Crippen LogP contribution in [0.3, 0.4) is 0 Å². The average molecular weight is 443 g/mol. The normalized spacial score (nSPS) is 31.7. The number of anilines is 1. The number of sulfonamides is 1. The van der Waals surface area contributed by atoms with Crippen LogP contribution >= 0.6 is 0 Å². The summed E-state index contributed by atoms with van der Waals surface area (Å²) >= 11 is 0. The molecule has 2 aliphatic rings. The molecule has 30 heavy (non-hydrogen) atoms. The Hall–Kier alpha value is -2.04. The fourth-order valence-electron chi connectivity index (χ4n) is 4.29. The van der Waals surface area contributed by atoms with E-state index >= 15 is 0 Å². The van der Waals surface area contributed by atoms with Crippen LogP contribution < -0.4 is 10.9 Å². The van der Waals surface area contributed by atoms with Crippen molar-refractivity contribution in [2.75, 3.05) is 24.6 Å². The molecule has 0 spiro atoms. The molecule has 1 saturated heterocycles. The third-order valence-electron chi connectivity index (χ3n) is 5.92. The maximum atomic E-state index is 13.3. The van der Waals surface area contributed by atoms with Crippen LogP contribution in [-0.4, -0.2) is 63.3 Å². The van der Waals surface area contributed by atoms with Crippen LogP contribution in [0.25, 0.3) is 11.0 Å². The predicted molar refractivity (Wildman–Crippen MR) is 115 cm³/mol. The lowest BCUT2D eigenvalue weighted by atomic mass is 9.99. The van der Waals surface area contributed by atoms with Crippen molar-refractivity contribution in [1.29, 1.82) is 0 Å².